The normalized spacial score (nSPS) is 19.1. The van der Waals surface area contributed by atoms with Crippen LogP contribution < -0.4 is 10.6 Å². The van der Waals surface area contributed by atoms with Crippen LogP contribution in [0.1, 0.15) is 37.7 Å². The molecule has 0 aliphatic carbocycles. The molecule has 1 heterocycles. The highest BCUT2D eigenvalue weighted by molar-refractivity contribution is 5.81. The molecule has 0 saturated carbocycles. The molecular formula is C20H32N4O2. The number of hydrogen-bond acceptors (Lipinski definition) is 3. The van der Waals surface area contributed by atoms with Gasteiger partial charge >= 0.3 is 0 Å². The average molecular weight is 361 g/mol. The number of likely N-dealkylation sites (tertiary alicyclic amines) is 1. The molecule has 1 fully saturated rings. The average Bonchev–Trinajstić information content (AvgIpc) is 2.67. The van der Waals surface area contributed by atoms with Gasteiger partial charge in [0.05, 0.1) is 6.61 Å². The molecule has 0 aromatic heterocycles. The number of aliphatic imine (C=N–C) groups is 1. The summed E-state index contributed by atoms with van der Waals surface area (Å²) in [6.45, 7) is 5.16. The van der Waals surface area contributed by atoms with Crippen LogP contribution in [-0.2, 0) is 4.79 Å². The first kappa shape index (κ1) is 20.2. The number of nitrogens with zero attached hydrogens (tertiary/aromatic N) is 2. The molecule has 1 saturated heterocycles. The van der Waals surface area contributed by atoms with E-state index in [1.807, 2.05) is 35.2 Å². The molecular weight excluding hydrogens is 328 g/mol. The van der Waals surface area contributed by atoms with E-state index in [1.165, 1.54) is 6.42 Å². The molecule has 26 heavy (non-hydrogen) atoms. The summed E-state index contributed by atoms with van der Waals surface area (Å²) in [6.07, 6.45) is 2.78. The lowest BCUT2D eigenvalue weighted by Gasteiger charge is -2.31. The number of nitrogens with one attached hydrogen (secondary N) is 2. The highest BCUT2D eigenvalue weighted by atomic mass is 16.3. The molecule has 0 bridgehead atoms. The second-order valence-corrected chi connectivity index (χ2v) is 7.01. The van der Waals surface area contributed by atoms with Crippen molar-refractivity contribution in [2.45, 2.75) is 32.1 Å². The predicted octanol–water partition coefficient (Wildman–Crippen LogP) is 1.58. The Morgan fingerprint density at radius 2 is 2.12 bits per heavy atom. The Morgan fingerprint density at radius 3 is 2.77 bits per heavy atom. The third kappa shape index (κ3) is 6.33. The van der Waals surface area contributed by atoms with Crippen molar-refractivity contribution in [3.8, 4) is 0 Å². The first-order valence-corrected chi connectivity index (χ1v) is 9.52. The lowest BCUT2D eigenvalue weighted by molar-refractivity contribution is -0.132. The molecule has 1 aliphatic rings. The summed E-state index contributed by atoms with van der Waals surface area (Å²) in [7, 11) is 1.71. The maximum absolute atomic E-state index is 12.3. The monoisotopic (exact) mass is 360 g/mol. The fourth-order valence-electron chi connectivity index (χ4n) is 3.32. The minimum Gasteiger partial charge on any atom is -0.396 e. The van der Waals surface area contributed by atoms with E-state index in [2.05, 4.69) is 22.5 Å². The topological polar surface area (TPSA) is 77.0 Å². The van der Waals surface area contributed by atoms with Crippen LogP contribution in [0.15, 0.2) is 35.3 Å². The van der Waals surface area contributed by atoms with E-state index in [-0.39, 0.29) is 18.4 Å². The molecule has 2 unspecified atom stereocenters. The summed E-state index contributed by atoms with van der Waals surface area (Å²) >= 11 is 0. The maximum atomic E-state index is 12.3. The largest absolute Gasteiger partial charge is 0.396 e. The van der Waals surface area contributed by atoms with E-state index >= 15 is 0 Å². The molecule has 0 radical (unpaired) electrons. The number of aliphatic hydroxyl groups is 1. The van der Waals surface area contributed by atoms with Crippen LogP contribution in [0.4, 0.5) is 0 Å². The Hall–Kier alpha value is -2.08. The Balaban J connectivity index is 1.72. The van der Waals surface area contributed by atoms with Crippen molar-refractivity contribution >= 4 is 11.9 Å². The van der Waals surface area contributed by atoms with Crippen molar-refractivity contribution in [1.29, 1.82) is 0 Å². The van der Waals surface area contributed by atoms with Crippen LogP contribution in [0.3, 0.4) is 0 Å². The first-order valence-electron chi connectivity index (χ1n) is 9.52. The van der Waals surface area contributed by atoms with Gasteiger partial charge in [-0.05, 0) is 24.3 Å². The first-order chi connectivity index (χ1) is 12.6. The Bertz CT molecular complexity index is 576. The zero-order chi connectivity index (χ0) is 18.8. The number of benzene rings is 1. The summed E-state index contributed by atoms with van der Waals surface area (Å²) in [5.74, 6) is 1.46. The van der Waals surface area contributed by atoms with Gasteiger partial charge in [-0.3, -0.25) is 9.79 Å². The number of hydrogen-bond donors (Lipinski definition) is 3. The van der Waals surface area contributed by atoms with E-state index in [4.69, 9.17) is 0 Å². The van der Waals surface area contributed by atoms with Crippen molar-refractivity contribution in [3.05, 3.63) is 35.9 Å². The molecule has 2 atom stereocenters. The number of guanidine groups is 1. The van der Waals surface area contributed by atoms with Crippen LogP contribution in [-0.4, -0.2) is 61.7 Å². The lowest BCUT2D eigenvalue weighted by Crippen LogP contribution is -2.43. The minimum atomic E-state index is 0.00576. The van der Waals surface area contributed by atoms with E-state index in [9.17, 15) is 9.90 Å². The zero-order valence-corrected chi connectivity index (χ0v) is 15.9. The van der Waals surface area contributed by atoms with Crippen molar-refractivity contribution < 1.29 is 9.90 Å². The third-order valence-corrected chi connectivity index (χ3v) is 4.87. The van der Waals surface area contributed by atoms with Crippen LogP contribution in [0.5, 0.6) is 0 Å². The van der Waals surface area contributed by atoms with Gasteiger partial charge in [0.2, 0.25) is 5.91 Å². The highest BCUT2D eigenvalue weighted by Gasteiger charge is 2.20. The molecule has 6 heteroatoms. The summed E-state index contributed by atoms with van der Waals surface area (Å²) in [5.41, 5.74) is 1.09. The molecule has 144 valence electrons. The van der Waals surface area contributed by atoms with Crippen LogP contribution in [0, 0.1) is 5.92 Å². The van der Waals surface area contributed by atoms with Gasteiger partial charge in [0.15, 0.2) is 5.96 Å². The van der Waals surface area contributed by atoms with Gasteiger partial charge < -0.3 is 20.6 Å². The Morgan fingerprint density at radius 1 is 1.35 bits per heavy atom. The van der Waals surface area contributed by atoms with Gasteiger partial charge in [-0.2, -0.15) is 0 Å². The number of carbonyl (C=O) groups excluding carboxylic acids is 1. The number of aliphatic hydroxyl groups excluding tert-OH is 1. The molecule has 3 N–H and O–H groups in total. The smallest absolute Gasteiger partial charge is 0.224 e. The van der Waals surface area contributed by atoms with Crippen LogP contribution >= 0.6 is 0 Å². The fourth-order valence-corrected chi connectivity index (χ4v) is 3.32. The summed E-state index contributed by atoms with van der Waals surface area (Å²) < 4.78 is 0. The molecule has 1 aliphatic heterocycles. The summed E-state index contributed by atoms with van der Waals surface area (Å²) in [4.78, 5) is 18.5. The zero-order valence-electron chi connectivity index (χ0n) is 15.9. The van der Waals surface area contributed by atoms with Crippen LogP contribution in [0.2, 0.25) is 0 Å². The highest BCUT2D eigenvalue weighted by Crippen LogP contribution is 2.16. The lowest BCUT2D eigenvalue weighted by atomic mass is 10.00. The van der Waals surface area contributed by atoms with E-state index in [0.29, 0.717) is 31.4 Å². The number of rotatable bonds is 7. The number of piperidine rings is 1. The van der Waals surface area contributed by atoms with Crippen LogP contribution in [0.25, 0.3) is 0 Å². The fraction of sp³-hybridized carbons (Fsp3) is 0.600. The molecule has 0 spiro atoms. The van der Waals surface area contributed by atoms with Gasteiger partial charge in [0.1, 0.15) is 0 Å². The maximum Gasteiger partial charge on any atom is 0.224 e. The van der Waals surface area contributed by atoms with Crippen molar-refractivity contribution in [2.24, 2.45) is 10.9 Å². The number of carbonyl (C=O) groups is 1. The van der Waals surface area contributed by atoms with Gasteiger partial charge in [-0.1, -0.05) is 37.3 Å². The molecule has 1 aromatic carbocycles. The summed E-state index contributed by atoms with van der Waals surface area (Å²) in [5, 5.41) is 16.1. The summed E-state index contributed by atoms with van der Waals surface area (Å²) in [6, 6.07) is 9.93. The van der Waals surface area contributed by atoms with Crippen molar-refractivity contribution in [3.63, 3.8) is 0 Å². The molecule has 6 nitrogen and oxygen atoms in total. The molecule has 1 amide bonds. The quantitative estimate of drug-likeness (QED) is 0.510. The molecule has 2 rings (SSSR count). The Kier molecular flexibility index (Phi) is 8.41. The van der Waals surface area contributed by atoms with E-state index in [1.54, 1.807) is 7.05 Å². The van der Waals surface area contributed by atoms with Crippen molar-refractivity contribution in [1.82, 2.24) is 15.5 Å². The number of amides is 1. The van der Waals surface area contributed by atoms with Gasteiger partial charge in [0, 0.05) is 45.6 Å². The standard InChI is InChI=1S/C20H32N4O2/c1-16-7-6-12-24(14-16)19(26)10-11-22-20(21-2)23-13-18(15-25)17-8-4-3-5-9-17/h3-5,8-9,16,18,25H,6-7,10-15H2,1-2H3,(H2,21,22,23). The van der Waals surface area contributed by atoms with Gasteiger partial charge in [-0.25, -0.2) is 0 Å². The minimum absolute atomic E-state index is 0.00576. The molecule has 1 aromatic rings. The SMILES string of the molecule is CN=C(NCCC(=O)N1CCCC(C)C1)NCC(CO)c1ccccc1. The van der Waals surface area contributed by atoms with Gasteiger partial charge in [-0.15, -0.1) is 0 Å². The van der Waals surface area contributed by atoms with E-state index in [0.717, 1.165) is 25.1 Å². The second kappa shape index (κ2) is 10.8. The van der Waals surface area contributed by atoms with Crippen molar-refractivity contribution in [2.75, 3.05) is 39.8 Å². The predicted molar refractivity (Wildman–Crippen MR) is 105 cm³/mol. The second-order valence-electron chi connectivity index (χ2n) is 7.01. The Labute approximate surface area is 156 Å². The van der Waals surface area contributed by atoms with Gasteiger partial charge in [0.25, 0.3) is 0 Å². The third-order valence-electron chi connectivity index (χ3n) is 4.87. The van der Waals surface area contributed by atoms with E-state index < -0.39 is 0 Å².